The van der Waals surface area contributed by atoms with Crippen LogP contribution in [0.5, 0.6) is 0 Å². The molecule has 17 heavy (non-hydrogen) atoms. The van der Waals surface area contributed by atoms with E-state index >= 15 is 0 Å². The third-order valence-corrected chi connectivity index (χ3v) is 2.12. The second kappa shape index (κ2) is 8.98. The minimum atomic E-state index is -0.220. The molecule has 0 aliphatic heterocycles. The summed E-state index contributed by atoms with van der Waals surface area (Å²) in [5.74, 6) is 0.218. The first-order valence-corrected chi connectivity index (χ1v) is 6.06. The van der Waals surface area contributed by atoms with Crippen LogP contribution in [-0.2, 0) is 14.3 Å². The van der Waals surface area contributed by atoms with E-state index in [4.69, 9.17) is 4.74 Å². The highest BCUT2D eigenvalue weighted by Gasteiger charge is 2.09. The molecule has 5 heteroatoms. The SMILES string of the molecule is CCOC(=O)CCN(C)CC(=O)NCC(C)C. The predicted molar refractivity (Wildman–Crippen MR) is 66.6 cm³/mol. The van der Waals surface area contributed by atoms with Crippen molar-refractivity contribution in [2.24, 2.45) is 5.92 Å². The standard InChI is InChI=1S/C12H24N2O3/c1-5-17-12(16)6-7-14(4)9-11(15)13-8-10(2)3/h10H,5-9H2,1-4H3,(H,13,15). The van der Waals surface area contributed by atoms with Gasteiger partial charge in [-0.3, -0.25) is 14.5 Å². The van der Waals surface area contributed by atoms with Crippen molar-refractivity contribution in [3.8, 4) is 0 Å². The number of nitrogens with one attached hydrogen (secondary N) is 1. The van der Waals surface area contributed by atoms with Crippen molar-refractivity contribution < 1.29 is 14.3 Å². The second-order valence-corrected chi connectivity index (χ2v) is 4.49. The van der Waals surface area contributed by atoms with E-state index in [1.54, 1.807) is 6.92 Å². The van der Waals surface area contributed by atoms with Gasteiger partial charge in [-0.25, -0.2) is 0 Å². The van der Waals surface area contributed by atoms with Crippen molar-refractivity contribution in [3.63, 3.8) is 0 Å². The van der Waals surface area contributed by atoms with Crippen LogP contribution in [0.25, 0.3) is 0 Å². The Hall–Kier alpha value is -1.10. The monoisotopic (exact) mass is 244 g/mol. The van der Waals surface area contributed by atoms with Crippen LogP contribution >= 0.6 is 0 Å². The van der Waals surface area contributed by atoms with Crippen molar-refractivity contribution in [2.45, 2.75) is 27.2 Å². The molecule has 0 rings (SSSR count). The summed E-state index contributed by atoms with van der Waals surface area (Å²) in [5.41, 5.74) is 0. The van der Waals surface area contributed by atoms with Crippen LogP contribution in [0.1, 0.15) is 27.2 Å². The summed E-state index contributed by atoms with van der Waals surface area (Å²) in [6, 6.07) is 0. The van der Waals surface area contributed by atoms with E-state index in [0.29, 0.717) is 38.6 Å². The molecule has 0 aromatic heterocycles. The Kier molecular flexibility index (Phi) is 8.40. The molecule has 0 bridgehead atoms. The number of hydrogen-bond acceptors (Lipinski definition) is 4. The van der Waals surface area contributed by atoms with Crippen molar-refractivity contribution in [1.29, 1.82) is 0 Å². The Morgan fingerprint density at radius 1 is 1.35 bits per heavy atom. The molecule has 0 unspecified atom stereocenters. The molecule has 0 saturated carbocycles. The van der Waals surface area contributed by atoms with Gasteiger partial charge in [-0.1, -0.05) is 13.8 Å². The Balaban J connectivity index is 3.67. The van der Waals surface area contributed by atoms with Gasteiger partial charge < -0.3 is 10.1 Å². The zero-order chi connectivity index (χ0) is 13.3. The summed E-state index contributed by atoms with van der Waals surface area (Å²) < 4.78 is 4.81. The molecule has 0 aromatic carbocycles. The van der Waals surface area contributed by atoms with E-state index in [2.05, 4.69) is 5.32 Å². The molecular weight excluding hydrogens is 220 g/mol. The van der Waals surface area contributed by atoms with E-state index in [1.807, 2.05) is 25.8 Å². The lowest BCUT2D eigenvalue weighted by Gasteiger charge is -2.16. The highest BCUT2D eigenvalue weighted by molar-refractivity contribution is 5.78. The van der Waals surface area contributed by atoms with E-state index in [-0.39, 0.29) is 11.9 Å². The van der Waals surface area contributed by atoms with Crippen LogP contribution < -0.4 is 5.32 Å². The fraction of sp³-hybridized carbons (Fsp3) is 0.833. The van der Waals surface area contributed by atoms with Gasteiger partial charge in [0.1, 0.15) is 0 Å². The average Bonchev–Trinajstić information content (AvgIpc) is 2.24. The molecule has 5 nitrogen and oxygen atoms in total. The number of carbonyl (C=O) groups excluding carboxylic acids is 2. The van der Waals surface area contributed by atoms with Gasteiger partial charge in [0.25, 0.3) is 0 Å². The van der Waals surface area contributed by atoms with Gasteiger partial charge in [-0.15, -0.1) is 0 Å². The van der Waals surface area contributed by atoms with Gasteiger partial charge in [0.15, 0.2) is 0 Å². The van der Waals surface area contributed by atoms with Crippen LogP contribution in [0.3, 0.4) is 0 Å². The maximum Gasteiger partial charge on any atom is 0.307 e. The van der Waals surface area contributed by atoms with E-state index in [1.165, 1.54) is 0 Å². The molecule has 0 spiro atoms. The highest BCUT2D eigenvalue weighted by Crippen LogP contribution is 1.92. The lowest BCUT2D eigenvalue weighted by molar-refractivity contribution is -0.143. The van der Waals surface area contributed by atoms with Crippen LogP contribution in [-0.4, -0.2) is 50.1 Å². The number of esters is 1. The van der Waals surface area contributed by atoms with Gasteiger partial charge in [0.05, 0.1) is 19.6 Å². The number of ether oxygens (including phenoxy) is 1. The lowest BCUT2D eigenvalue weighted by Crippen LogP contribution is -2.37. The molecule has 100 valence electrons. The normalized spacial score (nSPS) is 10.7. The number of nitrogens with zero attached hydrogens (tertiary/aromatic N) is 1. The Morgan fingerprint density at radius 2 is 2.00 bits per heavy atom. The van der Waals surface area contributed by atoms with Gasteiger partial charge in [-0.05, 0) is 19.9 Å². The first-order valence-electron chi connectivity index (χ1n) is 6.06. The molecule has 0 aliphatic rings. The Labute approximate surface area is 103 Å². The summed E-state index contributed by atoms with van der Waals surface area (Å²) in [6.07, 6.45) is 0.321. The van der Waals surface area contributed by atoms with Crippen molar-refractivity contribution in [2.75, 3.05) is 33.3 Å². The molecule has 0 aromatic rings. The number of hydrogen-bond donors (Lipinski definition) is 1. The highest BCUT2D eigenvalue weighted by atomic mass is 16.5. The minimum absolute atomic E-state index is 0.00920. The molecule has 0 fully saturated rings. The van der Waals surface area contributed by atoms with Crippen LogP contribution in [0.2, 0.25) is 0 Å². The van der Waals surface area contributed by atoms with Crippen molar-refractivity contribution >= 4 is 11.9 Å². The predicted octanol–water partition coefficient (Wildman–Crippen LogP) is 0.644. The molecule has 1 N–H and O–H groups in total. The largest absolute Gasteiger partial charge is 0.466 e. The first kappa shape index (κ1) is 15.9. The molecular formula is C12H24N2O3. The van der Waals surface area contributed by atoms with Crippen LogP contribution in [0, 0.1) is 5.92 Å². The smallest absolute Gasteiger partial charge is 0.307 e. The number of amides is 1. The zero-order valence-electron chi connectivity index (χ0n) is 11.3. The summed E-state index contributed by atoms with van der Waals surface area (Å²) >= 11 is 0. The fourth-order valence-electron chi connectivity index (χ4n) is 1.21. The van der Waals surface area contributed by atoms with Gasteiger partial charge in [-0.2, -0.15) is 0 Å². The number of rotatable bonds is 8. The molecule has 0 atom stereocenters. The van der Waals surface area contributed by atoms with Crippen molar-refractivity contribution in [3.05, 3.63) is 0 Å². The van der Waals surface area contributed by atoms with Gasteiger partial charge >= 0.3 is 5.97 Å². The topological polar surface area (TPSA) is 58.6 Å². The maximum absolute atomic E-state index is 11.5. The second-order valence-electron chi connectivity index (χ2n) is 4.49. The summed E-state index contributed by atoms with van der Waals surface area (Å²) in [7, 11) is 1.81. The van der Waals surface area contributed by atoms with Gasteiger partial charge in [0.2, 0.25) is 5.91 Å². The minimum Gasteiger partial charge on any atom is -0.466 e. The average molecular weight is 244 g/mol. The molecule has 0 aliphatic carbocycles. The third-order valence-electron chi connectivity index (χ3n) is 2.12. The lowest BCUT2D eigenvalue weighted by atomic mass is 10.2. The number of carbonyl (C=O) groups is 2. The third kappa shape index (κ3) is 9.81. The van der Waals surface area contributed by atoms with E-state index in [9.17, 15) is 9.59 Å². The fourth-order valence-corrected chi connectivity index (χ4v) is 1.21. The maximum atomic E-state index is 11.5. The Morgan fingerprint density at radius 3 is 2.53 bits per heavy atom. The summed E-state index contributed by atoms with van der Waals surface area (Å²) in [6.45, 7) is 7.80. The summed E-state index contributed by atoms with van der Waals surface area (Å²) in [4.78, 5) is 24.4. The molecule has 1 amide bonds. The van der Waals surface area contributed by atoms with Gasteiger partial charge in [0, 0.05) is 13.1 Å². The van der Waals surface area contributed by atoms with Crippen LogP contribution in [0.4, 0.5) is 0 Å². The molecule has 0 heterocycles. The first-order chi connectivity index (χ1) is 7.95. The summed E-state index contributed by atoms with van der Waals surface area (Å²) in [5, 5.41) is 2.83. The molecule has 0 radical (unpaired) electrons. The number of likely N-dealkylation sites (N-methyl/N-ethyl adjacent to an activating group) is 1. The Bertz CT molecular complexity index is 242. The van der Waals surface area contributed by atoms with E-state index in [0.717, 1.165) is 0 Å². The zero-order valence-corrected chi connectivity index (χ0v) is 11.3. The van der Waals surface area contributed by atoms with Crippen molar-refractivity contribution in [1.82, 2.24) is 10.2 Å². The molecule has 0 saturated heterocycles. The van der Waals surface area contributed by atoms with Crippen LogP contribution in [0.15, 0.2) is 0 Å². The van der Waals surface area contributed by atoms with E-state index < -0.39 is 0 Å². The quantitative estimate of drug-likeness (QED) is 0.637.